The quantitative estimate of drug-likeness (QED) is 0.797. The van der Waals surface area contributed by atoms with Gasteiger partial charge in [-0.25, -0.2) is 4.98 Å². The van der Waals surface area contributed by atoms with Gasteiger partial charge in [-0.3, -0.25) is 19.3 Å². The largest absolute Gasteiger partial charge is 0.336 e. The number of amides is 2. The molecule has 0 unspecified atom stereocenters. The van der Waals surface area contributed by atoms with Crippen molar-refractivity contribution >= 4 is 33.9 Å². The molecular formula is C13H17N5O2S. The van der Waals surface area contributed by atoms with Crippen molar-refractivity contribution in [3.05, 3.63) is 17.3 Å². The number of imide groups is 1. The number of hydrogen-bond acceptors (Lipinski definition) is 6. The standard InChI is InChI=1S/C13H17N5O2S/c1-8(2)14-5-9-12(16-13-18(9)3-4-21-13)17-6-10(19)15-11(20)7-17/h3-4,8,14H,5-7H2,1-2H3,(H,15,19,20). The Kier molecular flexibility index (Phi) is 3.64. The molecule has 0 bridgehead atoms. The van der Waals surface area contributed by atoms with Crippen LogP contribution in [-0.2, 0) is 16.1 Å². The van der Waals surface area contributed by atoms with Crippen LogP contribution in [0.2, 0.25) is 0 Å². The van der Waals surface area contributed by atoms with Crippen LogP contribution in [0.15, 0.2) is 11.6 Å². The molecule has 0 aliphatic carbocycles. The summed E-state index contributed by atoms with van der Waals surface area (Å²) in [5.41, 5.74) is 0.974. The maximum absolute atomic E-state index is 11.6. The summed E-state index contributed by atoms with van der Waals surface area (Å²) in [6, 6.07) is 0.341. The minimum atomic E-state index is -0.287. The Labute approximate surface area is 126 Å². The van der Waals surface area contributed by atoms with E-state index in [-0.39, 0.29) is 24.9 Å². The third-order valence-corrected chi connectivity index (χ3v) is 4.02. The second kappa shape index (κ2) is 5.45. The zero-order chi connectivity index (χ0) is 15.0. The van der Waals surface area contributed by atoms with E-state index in [9.17, 15) is 9.59 Å². The van der Waals surface area contributed by atoms with Crippen LogP contribution in [0.1, 0.15) is 19.5 Å². The minimum absolute atomic E-state index is 0.158. The van der Waals surface area contributed by atoms with Gasteiger partial charge in [0.25, 0.3) is 0 Å². The lowest BCUT2D eigenvalue weighted by molar-refractivity contribution is -0.130. The third kappa shape index (κ3) is 2.77. The van der Waals surface area contributed by atoms with Crippen LogP contribution in [0.3, 0.4) is 0 Å². The van der Waals surface area contributed by atoms with Crippen LogP contribution in [0.4, 0.5) is 5.82 Å². The number of rotatable bonds is 4. The SMILES string of the molecule is CC(C)NCc1c(N2CC(=O)NC(=O)C2)nc2sccn12. The lowest BCUT2D eigenvalue weighted by atomic mass is 10.3. The first kappa shape index (κ1) is 14.0. The third-order valence-electron chi connectivity index (χ3n) is 3.26. The first-order valence-electron chi connectivity index (χ1n) is 6.80. The Morgan fingerprint density at radius 3 is 2.76 bits per heavy atom. The summed E-state index contributed by atoms with van der Waals surface area (Å²) in [6.45, 7) is 5.10. The Bertz CT molecular complexity index is 674. The topological polar surface area (TPSA) is 78.7 Å². The predicted molar refractivity (Wildman–Crippen MR) is 80.4 cm³/mol. The summed E-state index contributed by atoms with van der Waals surface area (Å²) in [6.07, 6.45) is 1.96. The molecule has 1 aliphatic heterocycles. The van der Waals surface area contributed by atoms with Gasteiger partial charge < -0.3 is 10.2 Å². The molecule has 2 aromatic rings. The fourth-order valence-electron chi connectivity index (χ4n) is 2.33. The second-order valence-electron chi connectivity index (χ2n) is 5.30. The number of nitrogens with zero attached hydrogens (tertiary/aromatic N) is 3. The molecule has 8 heteroatoms. The summed E-state index contributed by atoms with van der Waals surface area (Å²) >= 11 is 1.53. The van der Waals surface area contributed by atoms with E-state index < -0.39 is 0 Å². The minimum Gasteiger partial charge on any atom is -0.336 e. The fraction of sp³-hybridized carbons (Fsp3) is 0.462. The summed E-state index contributed by atoms with van der Waals surface area (Å²) < 4.78 is 2.01. The van der Waals surface area contributed by atoms with Gasteiger partial charge in [-0.2, -0.15) is 0 Å². The van der Waals surface area contributed by atoms with Crippen LogP contribution >= 0.6 is 11.3 Å². The Hall–Kier alpha value is -1.93. The zero-order valence-electron chi connectivity index (χ0n) is 11.9. The predicted octanol–water partition coefficient (Wildman–Crippen LogP) is 0.357. The van der Waals surface area contributed by atoms with Crippen molar-refractivity contribution in [2.75, 3.05) is 18.0 Å². The second-order valence-corrected chi connectivity index (χ2v) is 6.17. The van der Waals surface area contributed by atoms with Crippen molar-refractivity contribution in [1.29, 1.82) is 0 Å². The fourth-order valence-corrected chi connectivity index (χ4v) is 3.05. The van der Waals surface area contributed by atoms with Gasteiger partial charge in [-0.05, 0) is 0 Å². The van der Waals surface area contributed by atoms with Gasteiger partial charge in [0.1, 0.15) is 0 Å². The van der Waals surface area contributed by atoms with Crippen LogP contribution in [0, 0.1) is 0 Å². The van der Waals surface area contributed by atoms with Gasteiger partial charge in [0.05, 0.1) is 18.8 Å². The number of carbonyl (C=O) groups is 2. The highest BCUT2D eigenvalue weighted by molar-refractivity contribution is 7.15. The molecule has 0 radical (unpaired) electrons. The first-order chi connectivity index (χ1) is 10.0. The van der Waals surface area contributed by atoms with E-state index >= 15 is 0 Å². The summed E-state index contributed by atoms with van der Waals surface area (Å²) in [5, 5.41) is 7.64. The average Bonchev–Trinajstić information content (AvgIpc) is 2.95. The number of nitrogens with one attached hydrogen (secondary N) is 2. The molecule has 112 valence electrons. The number of carbonyl (C=O) groups excluding carboxylic acids is 2. The van der Waals surface area contributed by atoms with Gasteiger partial charge in [0, 0.05) is 24.2 Å². The van der Waals surface area contributed by atoms with Gasteiger partial charge >= 0.3 is 0 Å². The van der Waals surface area contributed by atoms with E-state index in [0.29, 0.717) is 18.4 Å². The van der Waals surface area contributed by atoms with Gasteiger partial charge in [-0.1, -0.05) is 13.8 Å². The van der Waals surface area contributed by atoms with Gasteiger partial charge in [-0.15, -0.1) is 11.3 Å². The molecular weight excluding hydrogens is 290 g/mol. The molecule has 3 rings (SSSR count). The number of piperazine rings is 1. The molecule has 7 nitrogen and oxygen atoms in total. The molecule has 2 aromatic heterocycles. The number of fused-ring (bicyclic) bond motifs is 1. The molecule has 0 aromatic carbocycles. The molecule has 0 saturated carbocycles. The van der Waals surface area contributed by atoms with Crippen molar-refractivity contribution < 1.29 is 9.59 Å². The Morgan fingerprint density at radius 2 is 2.10 bits per heavy atom. The van der Waals surface area contributed by atoms with Gasteiger partial charge in [0.15, 0.2) is 10.8 Å². The molecule has 21 heavy (non-hydrogen) atoms. The smallest absolute Gasteiger partial charge is 0.246 e. The van der Waals surface area contributed by atoms with Crippen LogP contribution < -0.4 is 15.5 Å². The Balaban J connectivity index is 1.96. The maximum atomic E-state index is 11.6. The van der Waals surface area contributed by atoms with Crippen LogP contribution in [0.25, 0.3) is 4.96 Å². The zero-order valence-corrected chi connectivity index (χ0v) is 12.7. The van der Waals surface area contributed by atoms with Crippen molar-refractivity contribution in [2.24, 2.45) is 0 Å². The van der Waals surface area contributed by atoms with E-state index in [0.717, 1.165) is 10.7 Å². The van der Waals surface area contributed by atoms with Crippen LogP contribution in [-0.4, -0.2) is 40.3 Å². The van der Waals surface area contributed by atoms with Crippen LogP contribution in [0.5, 0.6) is 0 Å². The normalized spacial score (nSPS) is 16.0. The lowest BCUT2D eigenvalue weighted by Crippen LogP contribution is -2.52. The summed E-state index contributed by atoms with van der Waals surface area (Å²) in [4.78, 5) is 30.3. The molecule has 2 amide bonds. The number of anilines is 1. The summed E-state index contributed by atoms with van der Waals surface area (Å²) in [7, 11) is 0. The number of aromatic nitrogens is 2. The van der Waals surface area contributed by atoms with E-state index in [4.69, 9.17) is 0 Å². The summed E-state index contributed by atoms with van der Waals surface area (Å²) in [5.74, 6) is 0.133. The van der Waals surface area contributed by atoms with Crippen molar-refractivity contribution in [3.63, 3.8) is 0 Å². The molecule has 1 saturated heterocycles. The first-order valence-corrected chi connectivity index (χ1v) is 7.68. The highest BCUT2D eigenvalue weighted by Crippen LogP contribution is 2.25. The molecule has 1 aliphatic rings. The van der Waals surface area contributed by atoms with E-state index in [1.807, 2.05) is 16.0 Å². The number of imidazole rings is 1. The van der Waals surface area contributed by atoms with E-state index in [2.05, 4.69) is 29.5 Å². The number of hydrogen-bond donors (Lipinski definition) is 2. The van der Waals surface area contributed by atoms with E-state index in [1.165, 1.54) is 11.3 Å². The van der Waals surface area contributed by atoms with E-state index in [1.54, 1.807) is 4.90 Å². The lowest BCUT2D eigenvalue weighted by Gasteiger charge is -2.26. The molecule has 3 heterocycles. The maximum Gasteiger partial charge on any atom is 0.246 e. The van der Waals surface area contributed by atoms with Crippen molar-refractivity contribution in [1.82, 2.24) is 20.0 Å². The number of thiazole rings is 1. The Morgan fingerprint density at radius 1 is 1.38 bits per heavy atom. The highest BCUT2D eigenvalue weighted by atomic mass is 32.1. The molecule has 0 atom stereocenters. The molecule has 2 N–H and O–H groups in total. The molecule has 0 spiro atoms. The van der Waals surface area contributed by atoms with Gasteiger partial charge in [0.2, 0.25) is 11.8 Å². The average molecular weight is 307 g/mol. The monoisotopic (exact) mass is 307 g/mol. The molecule has 1 fully saturated rings. The van der Waals surface area contributed by atoms with Crippen molar-refractivity contribution in [2.45, 2.75) is 26.4 Å². The highest BCUT2D eigenvalue weighted by Gasteiger charge is 2.27. The van der Waals surface area contributed by atoms with Crippen molar-refractivity contribution in [3.8, 4) is 0 Å².